The van der Waals surface area contributed by atoms with Crippen molar-refractivity contribution in [1.29, 1.82) is 0 Å². The monoisotopic (exact) mass is 344 g/mol. The molecule has 0 saturated carbocycles. The number of nitrogens with zero attached hydrogens (tertiary/aromatic N) is 2. The second-order valence-corrected chi connectivity index (χ2v) is 8.51. The first kappa shape index (κ1) is 23.5. The van der Waals surface area contributed by atoms with E-state index in [1.54, 1.807) is 0 Å². The van der Waals surface area contributed by atoms with E-state index in [0.29, 0.717) is 28.4 Å². The quantitative estimate of drug-likeness (QED) is 0.384. The number of carboxylic acids is 1. The van der Waals surface area contributed by atoms with E-state index in [9.17, 15) is 13.2 Å². The number of aliphatic hydroxyl groups excluding tert-OH is 1. The highest BCUT2D eigenvalue weighted by Gasteiger charge is 2.15. The average Bonchev–Trinajstić information content (AvgIpc) is 2.21. The molecule has 0 unspecified atom stereocenters. The second-order valence-electron chi connectivity index (χ2n) is 6.94. The fraction of sp³-hybridized carbons (Fsp3) is 0.923. The summed E-state index contributed by atoms with van der Waals surface area (Å²) in [7, 11) is 5.64. The Kier molecular flexibility index (Phi) is 10.8. The summed E-state index contributed by atoms with van der Waals surface area (Å²) in [5, 5.41) is 16.9. The molecule has 0 aliphatic rings. The lowest BCUT2D eigenvalue weighted by Gasteiger charge is -2.29. The van der Waals surface area contributed by atoms with Crippen molar-refractivity contribution in [2.75, 3.05) is 67.2 Å². The predicted molar refractivity (Wildman–Crippen MR) is 85.1 cm³/mol. The largest absolute Gasteiger partial charge is 0.477 e. The van der Waals surface area contributed by atoms with Crippen molar-refractivity contribution >= 4 is 16.1 Å². The van der Waals surface area contributed by atoms with Crippen LogP contribution in [0.5, 0.6) is 0 Å². The van der Waals surface area contributed by atoms with Gasteiger partial charge in [0.15, 0.2) is 6.54 Å². The van der Waals surface area contributed by atoms with Crippen LogP contribution in [-0.4, -0.2) is 105 Å². The van der Waals surface area contributed by atoms with E-state index < -0.39 is 16.1 Å². The van der Waals surface area contributed by atoms with Crippen molar-refractivity contribution < 1.29 is 36.9 Å². The molecule has 3 N–H and O–H groups in total. The summed E-state index contributed by atoms with van der Waals surface area (Å²) < 4.78 is 30.5. The highest BCUT2D eigenvalue weighted by molar-refractivity contribution is 7.85. The predicted octanol–water partition coefficient (Wildman–Crippen LogP) is -0.500. The lowest BCUT2D eigenvalue weighted by Crippen LogP contribution is -2.42. The van der Waals surface area contributed by atoms with Gasteiger partial charge < -0.3 is 19.2 Å². The number of hydrogen-bond acceptors (Lipinski definition) is 4. The third-order valence-electron chi connectivity index (χ3n) is 2.70. The van der Waals surface area contributed by atoms with Crippen molar-refractivity contribution in [3.8, 4) is 0 Å². The van der Waals surface area contributed by atoms with Crippen LogP contribution in [0, 0.1) is 0 Å². The molecule has 0 rings (SSSR count). The molecule has 0 aliphatic heterocycles. The van der Waals surface area contributed by atoms with Crippen molar-refractivity contribution in [3.63, 3.8) is 0 Å². The minimum Gasteiger partial charge on any atom is -0.477 e. The maximum Gasteiger partial charge on any atom is 0.359 e. The first-order valence-corrected chi connectivity index (χ1v) is 8.70. The summed E-state index contributed by atoms with van der Waals surface area (Å²) in [5.74, 6) is -0.939. The van der Waals surface area contributed by atoms with Gasteiger partial charge in [-0.25, -0.2) is 4.79 Å². The second kappa shape index (κ2) is 10.1. The standard InChI is InChI=1S/C8H19NO4S.C5H11NO2/c1-9(2,5-3-7-10)6-4-8-14(11,12)13;1-6(2,3)4-5(7)8/h10H,3-8H2,1-2H3;4H2,1-3H3/p+2. The highest BCUT2D eigenvalue weighted by atomic mass is 32.2. The maximum atomic E-state index is 10.4. The van der Waals surface area contributed by atoms with E-state index in [1.807, 2.05) is 35.2 Å². The zero-order chi connectivity index (χ0) is 18.0. The van der Waals surface area contributed by atoms with Gasteiger partial charge in [0.25, 0.3) is 10.1 Å². The van der Waals surface area contributed by atoms with Gasteiger partial charge in [0.05, 0.1) is 54.1 Å². The van der Waals surface area contributed by atoms with E-state index in [2.05, 4.69) is 0 Å². The smallest absolute Gasteiger partial charge is 0.359 e. The van der Waals surface area contributed by atoms with Crippen LogP contribution in [0.1, 0.15) is 12.8 Å². The number of aliphatic hydroxyl groups is 1. The first-order valence-electron chi connectivity index (χ1n) is 7.09. The van der Waals surface area contributed by atoms with E-state index in [-0.39, 0.29) is 18.9 Å². The molecule has 0 heterocycles. The maximum absolute atomic E-state index is 10.4. The molecule has 134 valence electrons. The van der Waals surface area contributed by atoms with Crippen molar-refractivity contribution in [2.45, 2.75) is 12.8 Å². The summed E-state index contributed by atoms with van der Waals surface area (Å²) in [4.78, 5) is 10.00. The van der Waals surface area contributed by atoms with Crippen LogP contribution in [0.15, 0.2) is 0 Å². The van der Waals surface area contributed by atoms with Gasteiger partial charge >= 0.3 is 5.97 Å². The van der Waals surface area contributed by atoms with Crippen LogP contribution in [0.3, 0.4) is 0 Å². The fourth-order valence-corrected chi connectivity index (χ4v) is 2.19. The number of carboxylic acid groups (broad SMARTS) is 1. The molecule has 0 aromatic heterocycles. The van der Waals surface area contributed by atoms with Crippen molar-refractivity contribution in [2.24, 2.45) is 0 Å². The number of aliphatic carboxylic acids is 1. The molecule has 0 aliphatic carbocycles. The Balaban J connectivity index is 0. The van der Waals surface area contributed by atoms with Crippen LogP contribution in [-0.2, 0) is 14.9 Å². The molecule has 0 spiro atoms. The van der Waals surface area contributed by atoms with Gasteiger partial charge in [-0.15, -0.1) is 0 Å². The van der Waals surface area contributed by atoms with Gasteiger partial charge in [-0.2, -0.15) is 8.42 Å². The number of hydrogen-bond donors (Lipinski definition) is 3. The summed E-state index contributed by atoms with van der Waals surface area (Å²) in [6.45, 7) is 1.82. The van der Waals surface area contributed by atoms with Gasteiger partial charge in [0.2, 0.25) is 0 Å². The molecule has 0 saturated heterocycles. The van der Waals surface area contributed by atoms with Crippen LogP contribution >= 0.6 is 0 Å². The summed E-state index contributed by atoms with van der Waals surface area (Å²) in [6, 6.07) is 0. The van der Waals surface area contributed by atoms with Crippen molar-refractivity contribution in [1.82, 2.24) is 0 Å². The van der Waals surface area contributed by atoms with E-state index in [0.717, 1.165) is 6.54 Å². The molecule has 0 amide bonds. The zero-order valence-corrected chi connectivity index (χ0v) is 15.1. The van der Waals surface area contributed by atoms with Gasteiger partial charge in [0, 0.05) is 19.4 Å². The first-order chi connectivity index (χ1) is 9.68. The van der Waals surface area contributed by atoms with E-state index in [1.165, 1.54) is 0 Å². The Morgan fingerprint density at radius 3 is 1.73 bits per heavy atom. The van der Waals surface area contributed by atoms with Crippen LogP contribution in [0.4, 0.5) is 0 Å². The average molecular weight is 344 g/mol. The van der Waals surface area contributed by atoms with Crippen LogP contribution in [0.2, 0.25) is 0 Å². The van der Waals surface area contributed by atoms with Gasteiger partial charge in [-0.05, 0) is 0 Å². The van der Waals surface area contributed by atoms with Gasteiger partial charge in [-0.3, -0.25) is 4.55 Å². The molecule has 0 fully saturated rings. The molecule has 0 aromatic carbocycles. The minimum atomic E-state index is -3.83. The van der Waals surface area contributed by atoms with E-state index >= 15 is 0 Å². The Bertz CT molecular complexity index is 415. The molecule has 0 bridgehead atoms. The van der Waals surface area contributed by atoms with E-state index in [4.69, 9.17) is 14.8 Å². The third kappa shape index (κ3) is 21.6. The molecule has 9 heteroatoms. The highest BCUT2D eigenvalue weighted by Crippen LogP contribution is 2.02. The topological polar surface area (TPSA) is 112 Å². The number of likely N-dealkylation sites (N-methyl/N-ethyl adjacent to an activating group) is 1. The molecule has 0 atom stereocenters. The van der Waals surface area contributed by atoms with Gasteiger partial charge in [-0.1, -0.05) is 0 Å². The van der Waals surface area contributed by atoms with Crippen molar-refractivity contribution in [3.05, 3.63) is 0 Å². The van der Waals surface area contributed by atoms with Crippen LogP contribution < -0.4 is 0 Å². The fourth-order valence-electron chi connectivity index (χ4n) is 1.69. The minimum absolute atomic E-state index is 0.153. The number of quaternary nitrogens is 2. The Morgan fingerprint density at radius 2 is 1.45 bits per heavy atom. The Hall–Kier alpha value is -0.740. The summed E-state index contributed by atoms with van der Waals surface area (Å²) in [5.41, 5.74) is 0. The molecule has 22 heavy (non-hydrogen) atoms. The summed E-state index contributed by atoms with van der Waals surface area (Å²) >= 11 is 0. The number of rotatable bonds is 9. The lowest BCUT2D eigenvalue weighted by atomic mass is 10.3. The molecule has 0 radical (unpaired) electrons. The third-order valence-corrected chi connectivity index (χ3v) is 3.50. The molecular weight excluding hydrogens is 312 g/mol. The lowest BCUT2D eigenvalue weighted by molar-refractivity contribution is -0.890. The SMILES string of the molecule is C[N+](C)(C)CC(=O)O.C[N+](C)(CCCO)CCCS(=O)(=O)O. The Morgan fingerprint density at radius 1 is 1.00 bits per heavy atom. The number of carbonyl (C=O) groups is 1. The van der Waals surface area contributed by atoms with Gasteiger partial charge in [0.1, 0.15) is 0 Å². The summed E-state index contributed by atoms with van der Waals surface area (Å²) in [6.07, 6.45) is 1.15. The normalized spacial score (nSPS) is 12.5. The molecular formula is C13H32N2O6S+2. The Labute approximate surface area is 133 Å². The zero-order valence-electron chi connectivity index (χ0n) is 14.3. The molecule has 0 aromatic rings. The molecule has 8 nitrogen and oxygen atoms in total. The van der Waals surface area contributed by atoms with Crippen LogP contribution in [0.25, 0.3) is 0 Å².